The van der Waals surface area contributed by atoms with Crippen molar-refractivity contribution in [1.29, 1.82) is 0 Å². The molecular weight excluding hydrogens is 400 g/mol. The zero-order valence-electron chi connectivity index (χ0n) is 21.3. The highest BCUT2D eigenvalue weighted by Crippen LogP contribution is 2.16. The molecule has 0 heterocycles. The molecule has 4 nitrogen and oxygen atoms in total. The van der Waals surface area contributed by atoms with Crippen LogP contribution < -0.4 is 0 Å². The zero-order valence-corrected chi connectivity index (χ0v) is 21.3. The fourth-order valence-corrected chi connectivity index (χ4v) is 4.49. The molecule has 0 radical (unpaired) electrons. The lowest BCUT2D eigenvalue weighted by atomic mass is 10.00. The summed E-state index contributed by atoms with van der Waals surface area (Å²) in [6.45, 7) is 2.28. The molecule has 0 aliphatic carbocycles. The molecule has 0 aliphatic rings. The summed E-state index contributed by atoms with van der Waals surface area (Å²) in [5.74, 6) is -3.66. The predicted molar refractivity (Wildman–Crippen MR) is 135 cm³/mol. The Morgan fingerprint density at radius 2 is 0.656 bits per heavy atom. The number of hydrogen-bond acceptors (Lipinski definition) is 2. The van der Waals surface area contributed by atoms with Crippen molar-refractivity contribution in [3.8, 4) is 0 Å². The van der Waals surface area contributed by atoms with Gasteiger partial charge in [-0.15, -0.1) is 0 Å². The van der Waals surface area contributed by atoms with E-state index in [1.807, 2.05) is 0 Å². The maximum Gasteiger partial charge on any atom is 0.317 e. The standard InChI is InChI=1S/C28H54O4/c1-2-3-4-5-6-7-8-9-10-11-12-13-14-15-16-17-18-19-20-21-22-23-24-25-26(27(29)30)28(31)32/h26H,2-25H2,1H3,(H,29,30)(H,31,32). The third-order valence-corrected chi connectivity index (χ3v) is 6.69. The molecule has 0 atom stereocenters. The van der Waals surface area contributed by atoms with E-state index in [4.69, 9.17) is 10.2 Å². The van der Waals surface area contributed by atoms with Crippen LogP contribution in [0, 0.1) is 5.92 Å². The van der Waals surface area contributed by atoms with Gasteiger partial charge in [-0.05, 0) is 6.42 Å². The molecule has 0 spiro atoms. The van der Waals surface area contributed by atoms with E-state index in [0.29, 0.717) is 6.42 Å². The van der Waals surface area contributed by atoms with Gasteiger partial charge in [-0.25, -0.2) is 0 Å². The molecule has 0 aromatic carbocycles. The molecule has 0 saturated carbocycles. The highest BCUT2D eigenvalue weighted by atomic mass is 16.4. The first-order chi connectivity index (χ1) is 15.6. The van der Waals surface area contributed by atoms with Crippen molar-refractivity contribution in [3.05, 3.63) is 0 Å². The van der Waals surface area contributed by atoms with E-state index in [1.54, 1.807) is 0 Å². The summed E-state index contributed by atoms with van der Waals surface area (Å²) in [5.41, 5.74) is 0. The lowest BCUT2D eigenvalue weighted by Crippen LogP contribution is -2.23. The third-order valence-electron chi connectivity index (χ3n) is 6.69. The first-order valence-electron chi connectivity index (χ1n) is 14.0. The fourth-order valence-electron chi connectivity index (χ4n) is 4.49. The number of carboxylic acids is 2. The van der Waals surface area contributed by atoms with Crippen molar-refractivity contribution in [2.75, 3.05) is 0 Å². The summed E-state index contributed by atoms with van der Waals surface area (Å²) in [5, 5.41) is 17.7. The second-order valence-corrected chi connectivity index (χ2v) is 9.80. The van der Waals surface area contributed by atoms with Gasteiger partial charge in [0.15, 0.2) is 5.92 Å². The topological polar surface area (TPSA) is 74.6 Å². The van der Waals surface area contributed by atoms with Crippen LogP contribution in [-0.2, 0) is 9.59 Å². The van der Waals surface area contributed by atoms with Crippen LogP contribution in [0.2, 0.25) is 0 Å². The van der Waals surface area contributed by atoms with Gasteiger partial charge in [0.05, 0.1) is 0 Å². The van der Waals surface area contributed by atoms with Crippen molar-refractivity contribution >= 4 is 11.9 Å². The lowest BCUT2D eigenvalue weighted by molar-refractivity contribution is -0.154. The van der Waals surface area contributed by atoms with Gasteiger partial charge in [0.1, 0.15) is 0 Å². The molecule has 0 saturated heterocycles. The Kier molecular flexibility index (Phi) is 23.8. The van der Waals surface area contributed by atoms with Crippen molar-refractivity contribution in [2.24, 2.45) is 5.92 Å². The van der Waals surface area contributed by atoms with Gasteiger partial charge in [-0.1, -0.05) is 155 Å². The maximum absolute atomic E-state index is 10.8. The van der Waals surface area contributed by atoms with Crippen LogP contribution >= 0.6 is 0 Å². The molecule has 0 rings (SSSR count). The molecule has 2 N–H and O–H groups in total. The second-order valence-electron chi connectivity index (χ2n) is 9.80. The van der Waals surface area contributed by atoms with Crippen molar-refractivity contribution in [2.45, 2.75) is 161 Å². The van der Waals surface area contributed by atoms with Crippen molar-refractivity contribution in [3.63, 3.8) is 0 Å². The van der Waals surface area contributed by atoms with Gasteiger partial charge in [0.25, 0.3) is 0 Å². The van der Waals surface area contributed by atoms with Crippen LogP contribution in [0.5, 0.6) is 0 Å². The van der Waals surface area contributed by atoms with Crippen LogP contribution in [-0.4, -0.2) is 22.2 Å². The Bertz CT molecular complexity index is 408. The summed E-state index contributed by atoms with van der Waals surface area (Å²) in [6, 6.07) is 0. The molecule has 0 bridgehead atoms. The van der Waals surface area contributed by atoms with Crippen molar-refractivity contribution in [1.82, 2.24) is 0 Å². The van der Waals surface area contributed by atoms with Gasteiger partial charge >= 0.3 is 11.9 Å². The number of hydrogen-bond donors (Lipinski definition) is 2. The van der Waals surface area contributed by atoms with E-state index in [1.165, 1.54) is 128 Å². The van der Waals surface area contributed by atoms with Crippen molar-refractivity contribution < 1.29 is 19.8 Å². The van der Waals surface area contributed by atoms with Gasteiger partial charge in [0, 0.05) is 0 Å². The molecule has 190 valence electrons. The van der Waals surface area contributed by atoms with Gasteiger partial charge in [-0.2, -0.15) is 0 Å². The van der Waals surface area contributed by atoms with Gasteiger partial charge < -0.3 is 10.2 Å². The molecule has 0 aromatic heterocycles. The van der Waals surface area contributed by atoms with Gasteiger partial charge in [-0.3, -0.25) is 9.59 Å². The molecule has 0 fully saturated rings. The summed E-state index contributed by atoms with van der Waals surface area (Å²) < 4.78 is 0. The van der Waals surface area contributed by atoms with Crippen LogP contribution in [0.4, 0.5) is 0 Å². The van der Waals surface area contributed by atoms with E-state index >= 15 is 0 Å². The highest BCUT2D eigenvalue weighted by Gasteiger charge is 2.24. The summed E-state index contributed by atoms with van der Waals surface area (Å²) in [7, 11) is 0. The number of carbonyl (C=O) groups is 2. The van der Waals surface area contributed by atoms with Crippen LogP contribution in [0.15, 0.2) is 0 Å². The number of aliphatic carboxylic acids is 2. The third kappa shape index (κ3) is 22.1. The summed E-state index contributed by atoms with van der Waals surface area (Å²) >= 11 is 0. The molecule has 0 aliphatic heterocycles. The molecule has 32 heavy (non-hydrogen) atoms. The monoisotopic (exact) mass is 454 g/mol. The van der Waals surface area contributed by atoms with Crippen LogP contribution in [0.1, 0.15) is 161 Å². The maximum atomic E-state index is 10.8. The molecule has 4 heteroatoms. The van der Waals surface area contributed by atoms with E-state index in [2.05, 4.69) is 6.92 Å². The van der Waals surface area contributed by atoms with E-state index < -0.39 is 17.9 Å². The quantitative estimate of drug-likeness (QED) is 0.101. The lowest BCUT2D eigenvalue weighted by Gasteiger charge is -2.07. The molecule has 0 unspecified atom stereocenters. The summed E-state index contributed by atoms with van der Waals surface area (Å²) in [4.78, 5) is 21.6. The first-order valence-corrected chi connectivity index (χ1v) is 14.0. The largest absolute Gasteiger partial charge is 0.481 e. The fraction of sp³-hybridized carbons (Fsp3) is 0.929. The van der Waals surface area contributed by atoms with Crippen LogP contribution in [0.25, 0.3) is 0 Å². The average Bonchev–Trinajstić information content (AvgIpc) is 2.76. The van der Waals surface area contributed by atoms with E-state index in [-0.39, 0.29) is 6.42 Å². The smallest absolute Gasteiger partial charge is 0.317 e. The Morgan fingerprint density at radius 1 is 0.438 bits per heavy atom. The minimum atomic E-state index is -1.23. The number of rotatable bonds is 26. The molecular formula is C28H54O4. The SMILES string of the molecule is CCCCCCCCCCCCCCCCCCCCCCCCCC(C(=O)O)C(=O)O. The Morgan fingerprint density at radius 3 is 0.875 bits per heavy atom. The van der Waals surface area contributed by atoms with E-state index in [9.17, 15) is 9.59 Å². The minimum absolute atomic E-state index is 0.254. The van der Waals surface area contributed by atoms with Gasteiger partial charge in [0.2, 0.25) is 0 Å². The second kappa shape index (κ2) is 24.6. The highest BCUT2D eigenvalue weighted by molar-refractivity contribution is 5.92. The minimum Gasteiger partial charge on any atom is -0.481 e. The van der Waals surface area contributed by atoms with E-state index in [0.717, 1.165) is 12.8 Å². The normalized spacial score (nSPS) is 11.3. The average molecular weight is 455 g/mol. The molecule has 0 aromatic rings. The zero-order chi connectivity index (χ0) is 23.7. The summed E-state index contributed by atoms with van der Waals surface area (Å²) in [6.07, 6.45) is 30.7. The predicted octanol–water partition coefficient (Wildman–Crippen LogP) is 9.15. The number of unbranched alkanes of at least 4 members (excludes halogenated alkanes) is 22. The Balaban J connectivity index is 3.15. The first kappa shape index (κ1) is 30.9. The molecule has 0 amide bonds. The van der Waals surface area contributed by atoms with Crippen LogP contribution in [0.3, 0.4) is 0 Å². The number of carboxylic acid groups (broad SMARTS) is 2. The Hall–Kier alpha value is -1.06. The Labute approximate surface area is 199 Å².